The van der Waals surface area contributed by atoms with E-state index in [1.807, 2.05) is 24.3 Å². The zero-order valence-electron chi connectivity index (χ0n) is 11.5. The molecule has 5 heteroatoms. The third-order valence-corrected chi connectivity index (χ3v) is 3.99. The summed E-state index contributed by atoms with van der Waals surface area (Å²) in [7, 11) is 0. The minimum absolute atomic E-state index is 0.0586. The fourth-order valence-corrected chi connectivity index (χ4v) is 2.58. The summed E-state index contributed by atoms with van der Waals surface area (Å²) in [6, 6.07) is 7.46. The largest absolute Gasteiger partial charge is 0.484 e. The number of carbonyl (C=O) groups excluding carboxylic acids is 1. The Labute approximate surface area is 128 Å². The Kier molecular flexibility index (Phi) is 6.33. The van der Waals surface area contributed by atoms with Crippen LogP contribution in [0, 0.1) is 5.92 Å². The highest BCUT2D eigenvalue weighted by molar-refractivity contribution is 9.10. The lowest BCUT2D eigenvalue weighted by molar-refractivity contribution is -0.123. The van der Waals surface area contributed by atoms with Crippen molar-refractivity contribution in [1.82, 2.24) is 10.6 Å². The molecule has 0 radical (unpaired) electrons. The molecule has 1 unspecified atom stereocenters. The van der Waals surface area contributed by atoms with E-state index < -0.39 is 0 Å². The van der Waals surface area contributed by atoms with Crippen LogP contribution in [0.15, 0.2) is 28.7 Å². The normalized spacial score (nSPS) is 18.6. The topological polar surface area (TPSA) is 50.4 Å². The molecule has 1 fully saturated rings. The number of nitrogens with one attached hydrogen (secondary N) is 2. The highest BCUT2D eigenvalue weighted by Gasteiger charge is 2.12. The monoisotopic (exact) mass is 340 g/mol. The molecular weight excluding hydrogens is 320 g/mol. The standard InChI is InChI=1S/C15H21BrN2O2/c16-13-3-5-14(6-4-13)20-11-15(19)18-9-7-12-2-1-8-17-10-12/h3-6,12,17H,1-2,7-11H2,(H,18,19). The van der Waals surface area contributed by atoms with E-state index in [1.165, 1.54) is 12.8 Å². The van der Waals surface area contributed by atoms with Crippen molar-refractivity contribution in [1.29, 1.82) is 0 Å². The first-order valence-electron chi connectivity index (χ1n) is 7.10. The fourth-order valence-electron chi connectivity index (χ4n) is 2.32. The maximum atomic E-state index is 11.7. The summed E-state index contributed by atoms with van der Waals surface area (Å²) in [4.78, 5) is 11.7. The first-order chi connectivity index (χ1) is 9.74. The lowest BCUT2D eigenvalue weighted by Gasteiger charge is -2.22. The Hall–Kier alpha value is -1.07. The van der Waals surface area contributed by atoms with Crippen LogP contribution in [0.5, 0.6) is 5.75 Å². The maximum Gasteiger partial charge on any atom is 0.257 e. The summed E-state index contributed by atoms with van der Waals surface area (Å²) >= 11 is 3.36. The number of hydrogen-bond acceptors (Lipinski definition) is 3. The van der Waals surface area contributed by atoms with Gasteiger partial charge in [-0.3, -0.25) is 4.79 Å². The van der Waals surface area contributed by atoms with Gasteiger partial charge in [0.25, 0.3) is 5.91 Å². The Morgan fingerprint density at radius 3 is 2.90 bits per heavy atom. The predicted octanol–water partition coefficient (Wildman–Crippen LogP) is 2.33. The highest BCUT2D eigenvalue weighted by atomic mass is 79.9. The van der Waals surface area contributed by atoms with Crippen LogP contribution in [0.2, 0.25) is 0 Å². The van der Waals surface area contributed by atoms with E-state index in [4.69, 9.17) is 4.74 Å². The van der Waals surface area contributed by atoms with E-state index in [9.17, 15) is 4.79 Å². The van der Waals surface area contributed by atoms with Gasteiger partial charge in [0.05, 0.1) is 0 Å². The van der Waals surface area contributed by atoms with Crippen LogP contribution in [0.25, 0.3) is 0 Å². The molecule has 2 N–H and O–H groups in total. The summed E-state index contributed by atoms with van der Waals surface area (Å²) in [6.45, 7) is 3.01. The van der Waals surface area contributed by atoms with Gasteiger partial charge in [-0.25, -0.2) is 0 Å². The zero-order chi connectivity index (χ0) is 14.2. The van der Waals surface area contributed by atoms with Crippen molar-refractivity contribution in [3.63, 3.8) is 0 Å². The van der Waals surface area contributed by atoms with Crippen LogP contribution in [0.4, 0.5) is 0 Å². The second-order valence-electron chi connectivity index (χ2n) is 5.09. The maximum absolute atomic E-state index is 11.7. The third kappa shape index (κ3) is 5.51. The van der Waals surface area contributed by atoms with Gasteiger partial charge in [-0.2, -0.15) is 0 Å². The molecule has 0 aliphatic carbocycles. The predicted molar refractivity (Wildman–Crippen MR) is 82.9 cm³/mol. The average molecular weight is 341 g/mol. The quantitative estimate of drug-likeness (QED) is 0.835. The molecule has 0 aromatic heterocycles. The zero-order valence-corrected chi connectivity index (χ0v) is 13.1. The van der Waals surface area contributed by atoms with E-state index in [-0.39, 0.29) is 12.5 Å². The van der Waals surface area contributed by atoms with Gasteiger partial charge in [0.1, 0.15) is 5.75 Å². The van der Waals surface area contributed by atoms with E-state index in [1.54, 1.807) is 0 Å². The number of ether oxygens (including phenoxy) is 1. The van der Waals surface area contributed by atoms with Gasteiger partial charge in [0, 0.05) is 11.0 Å². The third-order valence-electron chi connectivity index (χ3n) is 3.46. The van der Waals surface area contributed by atoms with E-state index in [0.29, 0.717) is 11.7 Å². The molecule has 1 aliphatic rings. The van der Waals surface area contributed by atoms with Crippen LogP contribution in [-0.4, -0.2) is 32.1 Å². The first-order valence-corrected chi connectivity index (χ1v) is 7.89. The lowest BCUT2D eigenvalue weighted by atomic mass is 9.96. The second kappa shape index (κ2) is 8.27. The minimum atomic E-state index is -0.0586. The molecule has 4 nitrogen and oxygen atoms in total. The summed E-state index contributed by atoms with van der Waals surface area (Å²) in [5.41, 5.74) is 0. The molecule has 1 aromatic rings. The van der Waals surface area contributed by atoms with Gasteiger partial charge in [0.15, 0.2) is 6.61 Å². The molecule has 1 atom stereocenters. The van der Waals surface area contributed by atoms with Gasteiger partial charge >= 0.3 is 0 Å². The van der Waals surface area contributed by atoms with Crippen molar-refractivity contribution in [2.24, 2.45) is 5.92 Å². The number of benzene rings is 1. The van der Waals surface area contributed by atoms with Crippen molar-refractivity contribution in [2.75, 3.05) is 26.2 Å². The molecule has 1 aromatic carbocycles. The van der Waals surface area contributed by atoms with Crippen LogP contribution in [0.3, 0.4) is 0 Å². The molecular formula is C15H21BrN2O2. The van der Waals surface area contributed by atoms with Crippen molar-refractivity contribution in [3.05, 3.63) is 28.7 Å². The number of hydrogen-bond donors (Lipinski definition) is 2. The average Bonchev–Trinajstić information content (AvgIpc) is 2.48. The van der Waals surface area contributed by atoms with Gasteiger partial charge in [-0.05, 0) is 62.5 Å². The van der Waals surface area contributed by atoms with Crippen LogP contribution >= 0.6 is 15.9 Å². The Bertz CT molecular complexity index is 416. The Morgan fingerprint density at radius 1 is 1.40 bits per heavy atom. The molecule has 0 bridgehead atoms. The van der Waals surface area contributed by atoms with Crippen molar-refractivity contribution >= 4 is 21.8 Å². The summed E-state index contributed by atoms with van der Waals surface area (Å²) < 4.78 is 6.42. The van der Waals surface area contributed by atoms with Gasteiger partial charge in [-0.1, -0.05) is 15.9 Å². The molecule has 1 amide bonds. The SMILES string of the molecule is O=C(COc1ccc(Br)cc1)NCCC1CCCNC1. The second-order valence-corrected chi connectivity index (χ2v) is 6.01. The molecule has 110 valence electrons. The highest BCUT2D eigenvalue weighted by Crippen LogP contribution is 2.16. The molecule has 0 spiro atoms. The first kappa shape index (κ1) is 15.3. The molecule has 1 heterocycles. The molecule has 1 aliphatic heterocycles. The Balaban J connectivity index is 1.59. The molecule has 1 saturated heterocycles. The molecule has 2 rings (SSSR count). The number of amides is 1. The van der Waals surface area contributed by atoms with Crippen molar-refractivity contribution in [3.8, 4) is 5.75 Å². The van der Waals surface area contributed by atoms with E-state index in [2.05, 4.69) is 26.6 Å². The molecule has 0 saturated carbocycles. The van der Waals surface area contributed by atoms with E-state index in [0.717, 1.165) is 30.5 Å². The number of halogens is 1. The van der Waals surface area contributed by atoms with Gasteiger partial charge in [-0.15, -0.1) is 0 Å². The lowest BCUT2D eigenvalue weighted by Crippen LogP contribution is -2.34. The van der Waals surface area contributed by atoms with Crippen LogP contribution in [0.1, 0.15) is 19.3 Å². The van der Waals surface area contributed by atoms with E-state index >= 15 is 0 Å². The minimum Gasteiger partial charge on any atom is -0.484 e. The summed E-state index contributed by atoms with van der Waals surface area (Å²) in [5, 5.41) is 6.29. The van der Waals surface area contributed by atoms with Gasteiger partial charge < -0.3 is 15.4 Å². The number of piperidine rings is 1. The van der Waals surface area contributed by atoms with Crippen molar-refractivity contribution < 1.29 is 9.53 Å². The fraction of sp³-hybridized carbons (Fsp3) is 0.533. The number of carbonyl (C=O) groups is 1. The van der Waals surface area contributed by atoms with Crippen LogP contribution in [-0.2, 0) is 4.79 Å². The van der Waals surface area contributed by atoms with Gasteiger partial charge in [0.2, 0.25) is 0 Å². The smallest absolute Gasteiger partial charge is 0.257 e. The summed E-state index contributed by atoms with van der Waals surface area (Å²) in [6.07, 6.45) is 3.54. The van der Waals surface area contributed by atoms with Crippen LogP contribution < -0.4 is 15.4 Å². The Morgan fingerprint density at radius 2 is 2.20 bits per heavy atom. The van der Waals surface area contributed by atoms with Crippen molar-refractivity contribution in [2.45, 2.75) is 19.3 Å². The number of rotatable bonds is 6. The molecule has 20 heavy (non-hydrogen) atoms. The summed E-state index contributed by atoms with van der Waals surface area (Å²) in [5.74, 6) is 1.34.